The van der Waals surface area contributed by atoms with E-state index in [0.717, 1.165) is 0 Å². The fraction of sp³-hybridized carbons (Fsp3) is 0.333. The topological polar surface area (TPSA) is 80.9 Å². The van der Waals surface area contributed by atoms with Crippen molar-refractivity contribution in [3.63, 3.8) is 0 Å². The number of rotatable bonds is 3. The molecule has 1 amide bonds. The maximum Gasteiger partial charge on any atom is 0.236 e. The van der Waals surface area contributed by atoms with Crippen LogP contribution in [0.2, 0.25) is 0 Å². The predicted molar refractivity (Wildman–Crippen MR) is 61.2 cm³/mol. The first kappa shape index (κ1) is 11.5. The third-order valence-electron chi connectivity index (χ3n) is 2.00. The van der Waals surface area contributed by atoms with Crippen molar-refractivity contribution in [2.24, 2.45) is 11.1 Å². The molecule has 0 fully saturated rings. The average molecular weight is 224 g/mol. The van der Waals surface area contributed by atoms with Crippen LogP contribution in [0.5, 0.6) is 0 Å². The largest absolute Gasteiger partial charge is 0.392 e. The van der Waals surface area contributed by atoms with E-state index in [0.29, 0.717) is 5.69 Å². The summed E-state index contributed by atoms with van der Waals surface area (Å²) >= 11 is 4.81. The molecule has 0 aliphatic carbocycles. The minimum absolute atomic E-state index is 0.150. The second kappa shape index (κ2) is 4.31. The van der Waals surface area contributed by atoms with E-state index < -0.39 is 5.41 Å². The van der Waals surface area contributed by atoms with Gasteiger partial charge in [0.05, 0.1) is 28.5 Å². The highest BCUT2D eigenvalue weighted by atomic mass is 32.1. The molecule has 0 atom stereocenters. The maximum atomic E-state index is 11.7. The summed E-state index contributed by atoms with van der Waals surface area (Å²) in [5, 5.41) is 2.63. The Labute approximate surface area is 93.1 Å². The number of amides is 1. The Morgan fingerprint density at radius 1 is 1.47 bits per heavy atom. The van der Waals surface area contributed by atoms with Gasteiger partial charge < -0.3 is 11.1 Å². The number of thiocarbonyl (C=S) groups is 1. The van der Waals surface area contributed by atoms with Crippen LogP contribution in [0.1, 0.15) is 13.8 Å². The molecular weight excluding hydrogens is 212 g/mol. The van der Waals surface area contributed by atoms with Crippen molar-refractivity contribution in [1.29, 1.82) is 0 Å². The van der Waals surface area contributed by atoms with E-state index in [1.165, 1.54) is 18.7 Å². The van der Waals surface area contributed by atoms with Crippen LogP contribution in [0.4, 0.5) is 5.69 Å². The Bertz CT molecular complexity index is 377. The lowest BCUT2D eigenvalue weighted by Crippen LogP contribution is -2.41. The van der Waals surface area contributed by atoms with Crippen molar-refractivity contribution in [3.8, 4) is 0 Å². The second-order valence-electron chi connectivity index (χ2n) is 3.57. The van der Waals surface area contributed by atoms with E-state index in [4.69, 9.17) is 18.0 Å². The number of aromatic nitrogens is 2. The molecule has 1 heterocycles. The Hall–Kier alpha value is -1.56. The third-order valence-corrected chi connectivity index (χ3v) is 2.51. The molecule has 6 heteroatoms. The first-order valence-electron chi connectivity index (χ1n) is 4.31. The van der Waals surface area contributed by atoms with Gasteiger partial charge in [0.25, 0.3) is 0 Å². The normalized spacial score (nSPS) is 10.8. The van der Waals surface area contributed by atoms with Crippen LogP contribution in [0, 0.1) is 5.41 Å². The van der Waals surface area contributed by atoms with Crippen LogP contribution in [0.3, 0.4) is 0 Å². The van der Waals surface area contributed by atoms with Gasteiger partial charge >= 0.3 is 0 Å². The smallest absolute Gasteiger partial charge is 0.236 e. The van der Waals surface area contributed by atoms with E-state index in [2.05, 4.69) is 15.3 Å². The first-order chi connectivity index (χ1) is 6.94. The number of hydrogen-bond donors (Lipinski definition) is 2. The van der Waals surface area contributed by atoms with Crippen molar-refractivity contribution < 1.29 is 4.79 Å². The van der Waals surface area contributed by atoms with E-state index in [9.17, 15) is 4.79 Å². The Kier molecular flexibility index (Phi) is 3.31. The number of carbonyl (C=O) groups is 1. The summed E-state index contributed by atoms with van der Waals surface area (Å²) in [7, 11) is 0. The lowest BCUT2D eigenvalue weighted by molar-refractivity contribution is -0.121. The van der Waals surface area contributed by atoms with Crippen LogP contribution >= 0.6 is 12.2 Å². The molecular formula is C9H12N4OS. The molecule has 0 aliphatic heterocycles. The van der Waals surface area contributed by atoms with Crippen molar-refractivity contribution in [1.82, 2.24) is 9.97 Å². The van der Waals surface area contributed by atoms with Crippen molar-refractivity contribution in [2.45, 2.75) is 13.8 Å². The van der Waals surface area contributed by atoms with Crippen LogP contribution in [-0.4, -0.2) is 20.9 Å². The van der Waals surface area contributed by atoms with Gasteiger partial charge in [0.1, 0.15) is 6.33 Å². The molecule has 0 spiro atoms. The molecule has 3 N–H and O–H groups in total. The number of nitrogens with two attached hydrogens (primary N) is 1. The van der Waals surface area contributed by atoms with Crippen LogP contribution < -0.4 is 11.1 Å². The van der Waals surface area contributed by atoms with Gasteiger partial charge in [0.2, 0.25) is 5.91 Å². The molecule has 0 saturated carbocycles. The fourth-order valence-electron chi connectivity index (χ4n) is 0.763. The average Bonchev–Trinajstić information content (AvgIpc) is 2.18. The van der Waals surface area contributed by atoms with Crippen molar-refractivity contribution in [3.05, 3.63) is 18.7 Å². The lowest BCUT2D eigenvalue weighted by Gasteiger charge is -2.21. The van der Waals surface area contributed by atoms with E-state index in [1.54, 1.807) is 13.8 Å². The molecule has 1 rings (SSSR count). The number of anilines is 1. The fourth-order valence-corrected chi connectivity index (χ4v) is 0.856. The summed E-state index contributed by atoms with van der Waals surface area (Å²) in [4.78, 5) is 19.4. The summed E-state index contributed by atoms with van der Waals surface area (Å²) in [5.74, 6) is -0.273. The van der Waals surface area contributed by atoms with Gasteiger partial charge in [-0.1, -0.05) is 12.2 Å². The highest BCUT2D eigenvalue weighted by molar-refractivity contribution is 7.80. The van der Waals surface area contributed by atoms with Crippen molar-refractivity contribution in [2.75, 3.05) is 5.32 Å². The van der Waals surface area contributed by atoms with Crippen molar-refractivity contribution >= 4 is 28.8 Å². The number of carbonyl (C=O) groups excluding carboxylic acids is 1. The minimum atomic E-state index is -0.884. The number of hydrogen-bond acceptors (Lipinski definition) is 4. The van der Waals surface area contributed by atoms with Gasteiger partial charge in [0.15, 0.2) is 0 Å². The zero-order chi connectivity index (χ0) is 11.5. The third kappa shape index (κ3) is 2.69. The van der Waals surface area contributed by atoms with Gasteiger partial charge in [0, 0.05) is 0 Å². The molecule has 0 aliphatic rings. The molecule has 80 valence electrons. The van der Waals surface area contributed by atoms with Crippen LogP contribution in [0.25, 0.3) is 0 Å². The quantitative estimate of drug-likeness (QED) is 0.740. The Morgan fingerprint density at radius 2 is 2.00 bits per heavy atom. The predicted octanol–water partition coefficient (Wildman–Crippen LogP) is 0.727. The molecule has 0 unspecified atom stereocenters. The zero-order valence-corrected chi connectivity index (χ0v) is 9.34. The highest BCUT2D eigenvalue weighted by Crippen LogP contribution is 2.18. The molecule has 5 nitrogen and oxygen atoms in total. The molecule has 1 aromatic heterocycles. The summed E-state index contributed by atoms with van der Waals surface area (Å²) in [6.07, 6.45) is 4.38. The summed E-state index contributed by atoms with van der Waals surface area (Å²) in [6, 6.07) is 0. The monoisotopic (exact) mass is 224 g/mol. The van der Waals surface area contributed by atoms with E-state index >= 15 is 0 Å². The van der Waals surface area contributed by atoms with Gasteiger partial charge in [-0.3, -0.25) is 4.79 Å². The molecule has 0 saturated heterocycles. The SMILES string of the molecule is CC(C)(C(=O)Nc1cncnc1)C(N)=S. The molecule has 0 bridgehead atoms. The van der Waals surface area contributed by atoms with E-state index in [1.807, 2.05) is 0 Å². The number of nitrogens with one attached hydrogen (secondary N) is 1. The van der Waals surface area contributed by atoms with Crippen LogP contribution in [-0.2, 0) is 4.79 Å². The van der Waals surface area contributed by atoms with E-state index in [-0.39, 0.29) is 10.9 Å². The summed E-state index contributed by atoms with van der Waals surface area (Å²) in [5.41, 5.74) is 5.10. The van der Waals surface area contributed by atoms with Gasteiger partial charge in [-0.05, 0) is 13.8 Å². The first-order valence-corrected chi connectivity index (χ1v) is 4.72. The van der Waals surface area contributed by atoms with Gasteiger partial charge in [-0.25, -0.2) is 9.97 Å². The standard InChI is InChI=1S/C9H12N4OS/c1-9(2,7(10)15)8(14)13-6-3-11-5-12-4-6/h3-5H,1-2H3,(H2,10,15)(H,13,14). The highest BCUT2D eigenvalue weighted by Gasteiger charge is 2.30. The van der Waals surface area contributed by atoms with Crippen LogP contribution in [0.15, 0.2) is 18.7 Å². The molecule has 0 aromatic carbocycles. The summed E-state index contributed by atoms with van der Waals surface area (Å²) < 4.78 is 0. The lowest BCUT2D eigenvalue weighted by atomic mass is 9.92. The second-order valence-corrected chi connectivity index (χ2v) is 4.01. The summed E-state index contributed by atoms with van der Waals surface area (Å²) in [6.45, 7) is 3.32. The van der Waals surface area contributed by atoms with Gasteiger partial charge in [-0.15, -0.1) is 0 Å². The Balaban J connectivity index is 2.77. The number of nitrogens with zero attached hydrogens (tertiary/aromatic N) is 2. The molecule has 0 radical (unpaired) electrons. The molecule has 1 aromatic rings. The maximum absolute atomic E-state index is 11.7. The zero-order valence-electron chi connectivity index (χ0n) is 8.52. The minimum Gasteiger partial charge on any atom is -0.392 e. The molecule has 15 heavy (non-hydrogen) atoms. The van der Waals surface area contributed by atoms with Gasteiger partial charge in [-0.2, -0.15) is 0 Å². The Morgan fingerprint density at radius 3 is 2.47 bits per heavy atom.